The lowest BCUT2D eigenvalue weighted by Crippen LogP contribution is -2.35. The van der Waals surface area contributed by atoms with Gasteiger partial charge < -0.3 is 14.1 Å². The molecular weight excluding hydrogens is 282 g/mol. The predicted molar refractivity (Wildman–Crippen MR) is 80.3 cm³/mol. The summed E-state index contributed by atoms with van der Waals surface area (Å²) >= 11 is 0. The first-order valence-electron chi connectivity index (χ1n) is 7.60. The Hall–Kier alpha value is -2.37. The van der Waals surface area contributed by atoms with E-state index in [4.69, 9.17) is 9.15 Å². The van der Waals surface area contributed by atoms with E-state index in [0.717, 1.165) is 31.5 Å². The van der Waals surface area contributed by atoms with E-state index >= 15 is 0 Å². The summed E-state index contributed by atoms with van der Waals surface area (Å²) in [6.45, 7) is 1.77. The quantitative estimate of drug-likeness (QED) is 0.868. The largest absolute Gasteiger partial charge is 0.484 e. The second-order valence-electron chi connectivity index (χ2n) is 5.35. The van der Waals surface area contributed by atoms with Gasteiger partial charge in [-0.3, -0.25) is 4.79 Å². The number of likely N-dealkylation sites (tertiary alicyclic amines) is 1. The van der Waals surface area contributed by atoms with Crippen LogP contribution in [0.15, 0.2) is 35.1 Å². The molecule has 0 radical (unpaired) electrons. The first-order chi connectivity index (χ1) is 10.8. The van der Waals surface area contributed by atoms with E-state index in [-0.39, 0.29) is 12.5 Å². The van der Waals surface area contributed by atoms with Gasteiger partial charge in [-0.05, 0) is 37.1 Å². The second-order valence-corrected chi connectivity index (χ2v) is 5.35. The molecule has 2 aromatic rings. The molecule has 0 unspecified atom stereocenters. The molecule has 1 amide bonds. The molecule has 1 aliphatic heterocycles. The van der Waals surface area contributed by atoms with Gasteiger partial charge in [0.1, 0.15) is 5.75 Å². The van der Waals surface area contributed by atoms with Crippen LogP contribution in [0.25, 0.3) is 11.5 Å². The van der Waals surface area contributed by atoms with E-state index in [1.165, 1.54) is 19.2 Å². The molecule has 1 saturated heterocycles. The van der Waals surface area contributed by atoms with Crippen LogP contribution in [0.3, 0.4) is 0 Å². The normalized spacial score (nSPS) is 15.4. The van der Waals surface area contributed by atoms with Gasteiger partial charge in [-0.25, -0.2) is 0 Å². The van der Waals surface area contributed by atoms with Crippen LogP contribution in [0.2, 0.25) is 0 Å². The highest BCUT2D eigenvalue weighted by molar-refractivity contribution is 5.77. The van der Waals surface area contributed by atoms with Gasteiger partial charge in [0.25, 0.3) is 5.91 Å². The zero-order chi connectivity index (χ0) is 15.2. The molecule has 6 heteroatoms. The fraction of sp³-hybridized carbons (Fsp3) is 0.438. The Bertz CT molecular complexity index is 588. The number of ether oxygens (including phenoxy) is 1. The molecule has 1 aromatic carbocycles. The third-order valence-corrected chi connectivity index (χ3v) is 3.78. The molecule has 1 aromatic heterocycles. The van der Waals surface area contributed by atoms with Crippen molar-refractivity contribution in [3.63, 3.8) is 0 Å². The Morgan fingerprint density at radius 2 is 1.86 bits per heavy atom. The molecule has 0 N–H and O–H groups in total. The van der Waals surface area contributed by atoms with Gasteiger partial charge in [0, 0.05) is 18.7 Å². The van der Waals surface area contributed by atoms with Crippen molar-refractivity contribution in [3.05, 3.63) is 30.7 Å². The number of nitrogens with zero attached hydrogens (tertiary/aromatic N) is 3. The summed E-state index contributed by atoms with van der Waals surface area (Å²) in [5, 5.41) is 7.48. The van der Waals surface area contributed by atoms with Gasteiger partial charge >= 0.3 is 0 Å². The standard InChI is InChI=1S/C16H19N3O3/c20-15(19-9-3-1-2-4-10-19)11-21-14-7-5-13(6-8-14)16-18-17-12-22-16/h5-8,12H,1-4,9-11H2. The first kappa shape index (κ1) is 14.6. The van der Waals surface area contributed by atoms with Crippen LogP contribution in [0.5, 0.6) is 5.75 Å². The van der Waals surface area contributed by atoms with Crippen molar-refractivity contribution in [2.45, 2.75) is 25.7 Å². The number of aromatic nitrogens is 2. The topological polar surface area (TPSA) is 68.5 Å². The van der Waals surface area contributed by atoms with E-state index in [2.05, 4.69) is 10.2 Å². The molecule has 0 saturated carbocycles. The van der Waals surface area contributed by atoms with Crippen LogP contribution < -0.4 is 4.74 Å². The van der Waals surface area contributed by atoms with Crippen molar-refractivity contribution in [2.24, 2.45) is 0 Å². The molecule has 3 rings (SSSR count). The second kappa shape index (κ2) is 7.06. The fourth-order valence-corrected chi connectivity index (χ4v) is 2.55. The Labute approximate surface area is 129 Å². The number of rotatable bonds is 4. The monoisotopic (exact) mass is 301 g/mol. The first-order valence-corrected chi connectivity index (χ1v) is 7.60. The summed E-state index contributed by atoms with van der Waals surface area (Å²) in [4.78, 5) is 14.0. The van der Waals surface area contributed by atoms with Crippen molar-refractivity contribution in [1.82, 2.24) is 15.1 Å². The molecule has 1 fully saturated rings. The lowest BCUT2D eigenvalue weighted by molar-refractivity contribution is -0.133. The molecule has 6 nitrogen and oxygen atoms in total. The van der Waals surface area contributed by atoms with Crippen LogP contribution in [0.4, 0.5) is 0 Å². The average Bonchev–Trinajstić information content (AvgIpc) is 2.95. The molecule has 0 atom stereocenters. The van der Waals surface area contributed by atoms with E-state index in [0.29, 0.717) is 11.6 Å². The maximum atomic E-state index is 12.1. The maximum Gasteiger partial charge on any atom is 0.260 e. The van der Waals surface area contributed by atoms with Crippen LogP contribution in [-0.4, -0.2) is 40.7 Å². The van der Waals surface area contributed by atoms with Gasteiger partial charge in [-0.2, -0.15) is 0 Å². The lowest BCUT2D eigenvalue weighted by Gasteiger charge is -2.20. The smallest absolute Gasteiger partial charge is 0.260 e. The fourth-order valence-electron chi connectivity index (χ4n) is 2.55. The van der Waals surface area contributed by atoms with E-state index in [9.17, 15) is 4.79 Å². The van der Waals surface area contributed by atoms with Gasteiger partial charge in [-0.15, -0.1) is 10.2 Å². The number of amides is 1. The molecule has 22 heavy (non-hydrogen) atoms. The van der Waals surface area contributed by atoms with Gasteiger partial charge in [0.2, 0.25) is 12.3 Å². The molecule has 0 spiro atoms. The van der Waals surface area contributed by atoms with Crippen LogP contribution in [-0.2, 0) is 4.79 Å². The summed E-state index contributed by atoms with van der Waals surface area (Å²) in [5.41, 5.74) is 0.823. The van der Waals surface area contributed by atoms with Crippen LogP contribution >= 0.6 is 0 Å². The molecule has 0 bridgehead atoms. The number of carbonyl (C=O) groups excluding carboxylic acids is 1. The zero-order valence-electron chi connectivity index (χ0n) is 12.4. The Balaban J connectivity index is 1.53. The van der Waals surface area contributed by atoms with E-state index < -0.39 is 0 Å². The highest BCUT2D eigenvalue weighted by Gasteiger charge is 2.15. The van der Waals surface area contributed by atoms with Crippen molar-refractivity contribution in [3.8, 4) is 17.2 Å². The average molecular weight is 301 g/mol. The van der Waals surface area contributed by atoms with Gasteiger partial charge in [0.05, 0.1) is 0 Å². The number of benzene rings is 1. The summed E-state index contributed by atoms with van der Waals surface area (Å²) in [6, 6.07) is 7.27. The van der Waals surface area contributed by atoms with Crippen LogP contribution in [0, 0.1) is 0 Å². The highest BCUT2D eigenvalue weighted by atomic mass is 16.5. The third-order valence-electron chi connectivity index (χ3n) is 3.78. The van der Waals surface area contributed by atoms with Gasteiger partial charge in [-0.1, -0.05) is 12.8 Å². The minimum atomic E-state index is 0.0582. The SMILES string of the molecule is O=C(COc1ccc(-c2nnco2)cc1)N1CCCCCC1. The van der Waals surface area contributed by atoms with E-state index in [1.54, 1.807) is 12.1 Å². The molecule has 116 valence electrons. The van der Waals surface area contributed by atoms with Crippen molar-refractivity contribution in [1.29, 1.82) is 0 Å². The number of hydrogen-bond donors (Lipinski definition) is 0. The van der Waals surface area contributed by atoms with Crippen molar-refractivity contribution in [2.75, 3.05) is 19.7 Å². The Morgan fingerprint density at radius 3 is 2.50 bits per heavy atom. The minimum absolute atomic E-state index is 0.0582. The number of carbonyl (C=O) groups is 1. The minimum Gasteiger partial charge on any atom is -0.484 e. The summed E-state index contributed by atoms with van der Waals surface area (Å²) in [6.07, 6.45) is 5.89. The summed E-state index contributed by atoms with van der Waals surface area (Å²) in [7, 11) is 0. The Morgan fingerprint density at radius 1 is 1.14 bits per heavy atom. The molecule has 1 aliphatic rings. The van der Waals surface area contributed by atoms with Crippen molar-refractivity contribution < 1.29 is 13.9 Å². The predicted octanol–water partition coefficient (Wildman–Crippen LogP) is 2.52. The highest BCUT2D eigenvalue weighted by Crippen LogP contribution is 2.20. The van der Waals surface area contributed by atoms with Gasteiger partial charge in [0.15, 0.2) is 6.61 Å². The van der Waals surface area contributed by atoms with E-state index in [1.807, 2.05) is 17.0 Å². The zero-order valence-corrected chi connectivity index (χ0v) is 12.4. The summed E-state index contributed by atoms with van der Waals surface area (Å²) < 4.78 is 10.7. The molecular formula is C16H19N3O3. The summed E-state index contributed by atoms with van der Waals surface area (Å²) in [5.74, 6) is 1.18. The lowest BCUT2D eigenvalue weighted by atomic mass is 10.2. The molecule has 0 aliphatic carbocycles. The Kier molecular flexibility index (Phi) is 4.68. The third kappa shape index (κ3) is 3.63. The van der Waals surface area contributed by atoms with Crippen molar-refractivity contribution >= 4 is 5.91 Å². The number of hydrogen-bond acceptors (Lipinski definition) is 5. The van der Waals surface area contributed by atoms with Crippen LogP contribution in [0.1, 0.15) is 25.7 Å². The molecule has 2 heterocycles. The maximum absolute atomic E-state index is 12.1.